The molecular weight excluding hydrogens is 197 g/mol. The summed E-state index contributed by atoms with van der Waals surface area (Å²) in [5.74, 6) is 0.564. The van der Waals surface area contributed by atoms with Crippen LogP contribution >= 0.6 is 0 Å². The van der Waals surface area contributed by atoms with Gasteiger partial charge in [-0.2, -0.15) is 5.10 Å². The Labute approximate surface area is 86.1 Å². The molecule has 0 radical (unpaired) electrons. The van der Waals surface area contributed by atoms with Crippen LogP contribution in [0.5, 0.6) is 5.75 Å². The zero-order valence-corrected chi connectivity index (χ0v) is 7.93. The van der Waals surface area contributed by atoms with Crippen molar-refractivity contribution in [2.24, 2.45) is 0 Å². The van der Waals surface area contributed by atoms with E-state index in [1.165, 1.54) is 16.8 Å². The van der Waals surface area contributed by atoms with E-state index < -0.39 is 0 Å². The molecule has 2 rings (SSSR count). The van der Waals surface area contributed by atoms with Gasteiger partial charge < -0.3 is 10.5 Å². The molecule has 0 aliphatic heterocycles. The van der Waals surface area contributed by atoms with Gasteiger partial charge in [0.05, 0.1) is 0 Å². The van der Waals surface area contributed by atoms with Crippen molar-refractivity contribution < 1.29 is 9.13 Å². The lowest BCUT2D eigenvalue weighted by molar-refractivity contribution is 0.220. The molecule has 78 valence electrons. The average Bonchev–Trinajstić information content (AvgIpc) is 2.62. The normalized spacial score (nSPS) is 10.2. The molecule has 1 aromatic carbocycles. The Hall–Kier alpha value is -2.04. The van der Waals surface area contributed by atoms with Crippen molar-refractivity contribution in [3.8, 4) is 5.75 Å². The summed E-state index contributed by atoms with van der Waals surface area (Å²) in [4.78, 5) is 0. The van der Waals surface area contributed by atoms with E-state index in [2.05, 4.69) is 5.10 Å². The number of hydrogen-bond donors (Lipinski definition) is 1. The number of nitrogen functional groups attached to an aromatic ring is 1. The Morgan fingerprint density at radius 3 is 2.93 bits per heavy atom. The predicted molar refractivity (Wildman–Crippen MR) is 53.7 cm³/mol. The highest BCUT2D eigenvalue weighted by Gasteiger charge is 1.97. The molecule has 0 bridgehead atoms. The number of anilines is 1. The summed E-state index contributed by atoms with van der Waals surface area (Å²) in [6.07, 6.45) is 1.69. The summed E-state index contributed by atoms with van der Waals surface area (Å²) >= 11 is 0. The fourth-order valence-corrected chi connectivity index (χ4v) is 1.15. The quantitative estimate of drug-likeness (QED) is 0.832. The molecule has 0 fully saturated rings. The third-order valence-electron chi connectivity index (χ3n) is 1.82. The molecule has 2 N–H and O–H groups in total. The molecule has 1 heterocycles. The second-order valence-electron chi connectivity index (χ2n) is 3.01. The molecule has 0 saturated carbocycles. The van der Waals surface area contributed by atoms with Crippen molar-refractivity contribution in [2.75, 3.05) is 5.73 Å². The number of benzene rings is 1. The molecule has 0 aliphatic rings. The van der Waals surface area contributed by atoms with Gasteiger partial charge in [0, 0.05) is 18.3 Å². The van der Waals surface area contributed by atoms with Crippen molar-refractivity contribution in [3.63, 3.8) is 0 Å². The average molecular weight is 207 g/mol. The first-order valence-electron chi connectivity index (χ1n) is 4.41. The molecule has 0 atom stereocenters. The number of hydrogen-bond acceptors (Lipinski definition) is 3. The maximum absolute atomic E-state index is 12.8. The maximum atomic E-state index is 12.8. The lowest BCUT2D eigenvalue weighted by atomic mass is 10.3. The van der Waals surface area contributed by atoms with E-state index >= 15 is 0 Å². The van der Waals surface area contributed by atoms with Gasteiger partial charge in [-0.1, -0.05) is 6.07 Å². The van der Waals surface area contributed by atoms with Crippen molar-refractivity contribution >= 4 is 5.82 Å². The first-order chi connectivity index (χ1) is 7.24. The molecule has 0 unspecified atom stereocenters. The lowest BCUT2D eigenvalue weighted by Crippen LogP contribution is -2.06. The van der Waals surface area contributed by atoms with Gasteiger partial charge in [-0.05, 0) is 12.1 Å². The molecule has 0 spiro atoms. The van der Waals surface area contributed by atoms with Crippen molar-refractivity contribution in [1.82, 2.24) is 9.78 Å². The standard InChI is InChI=1S/C10H10FN3O/c11-8-2-1-3-9(6-8)15-7-14-5-4-10(12)13-14/h1-6H,7H2,(H2,12,13). The smallest absolute Gasteiger partial charge is 0.180 e. The third-order valence-corrected chi connectivity index (χ3v) is 1.82. The number of nitrogens with zero attached hydrogens (tertiary/aromatic N) is 2. The van der Waals surface area contributed by atoms with E-state index in [1.807, 2.05) is 0 Å². The minimum absolute atomic E-state index is 0.209. The van der Waals surface area contributed by atoms with E-state index in [9.17, 15) is 4.39 Å². The van der Waals surface area contributed by atoms with Crippen LogP contribution < -0.4 is 10.5 Å². The second-order valence-corrected chi connectivity index (χ2v) is 3.01. The van der Waals surface area contributed by atoms with E-state index in [-0.39, 0.29) is 12.5 Å². The fraction of sp³-hybridized carbons (Fsp3) is 0.100. The number of aromatic nitrogens is 2. The van der Waals surface area contributed by atoms with Gasteiger partial charge >= 0.3 is 0 Å². The Bertz CT molecular complexity index is 455. The molecule has 1 aromatic heterocycles. The van der Waals surface area contributed by atoms with Gasteiger partial charge in [0.1, 0.15) is 17.4 Å². The largest absolute Gasteiger partial charge is 0.471 e. The van der Waals surface area contributed by atoms with Crippen LogP contribution in [0.25, 0.3) is 0 Å². The Morgan fingerprint density at radius 1 is 1.40 bits per heavy atom. The highest BCUT2D eigenvalue weighted by molar-refractivity contribution is 5.24. The predicted octanol–water partition coefficient (Wildman–Crippen LogP) is 1.64. The molecule has 0 amide bonds. The fourth-order valence-electron chi connectivity index (χ4n) is 1.15. The summed E-state index contributed by atoms with van der Waals surface area (Å²) in [6.45, 7) is 0.209. The Morgan fingerprint density at radius 2 is 2.27 bits per heavy atom. The van der Waals surface area contributed by atoms with Crippen LogP contribution in [0.4, 0.5) is 10.2 Å². The summed E-state index contributed by atoms with van der Waals surface area (Å²) < 4.78 is 19.6. The third kappa shape index (κ3) is 2.46. The zero-order valence-electron chi connectivity index (χ0n) is 7.93. The van der Waals surface area contributed by atoms with E-state index in [1.54, 1.807) is 24.4 Å². The van der Waals surface area contributed by atoms with Crippen LogP contribution in [0.2, 0.25) is 0 Å². The number of halogens is 1. The number of rotatable bonds is 3. The van der Waals surface area contributed by atoms with E-state index in [4.69, 9.17) is 10.5 Å². The summed E-state index contributed by atoms with van der Waals surface area (Å²) in [5.41, 5.74) is 5.42. The summed E-state index contributed by atoms with van der Waals surface area (Å²) in [6, 6.07) is 7.60. The monoisotopic (exact) mass is 207 g/mol. The van der Waals surface area contributed by atoms with Crippen LogP contribution in [-0.2, 0) is 6.73 Å². The molecule has 15 heavy (non-hydrogen) atoms. The van der Waals surface area contributed by atoms with Gasteiger partial charge in [-0.3, -0.25) is 0 Å². The minimum Gasteiger partial charge on any atom is -0.471 e. The summed E-state index contributed by atoms with van der Waals surface area (Å²) in [7, 11) is 0. The first kappa shape index (κ1) is 9.51. The molecule has 2 aromatic rings. The number of ether oxygens (including phenoxy) is 1. The van der Waals surface area contributed by atoms with E-state index in [0.717, 1.165) is 0 Å². The maximum Gasteiger partial charge on any atom is 0.180 e. The highest BCUT2D eigenvalue weighted by Crippen LogP contribution is 2.12. The Kier molecular flexibility index (Phi) is 2.53. The molecule has 5 heteroatoms. The number of nitrogens with two attached hydrogens (primary N) is 1. The van der Waals surface area contributed by atoms with Crippen LogP contribution in [0.3, 0.4) is 0 Å². The van der Waals surface area contributed by atoms with Crippen LogP contribution in [0, 0.1) is 5.82 Å². The van der Waals surface area contributed by atoms with Gasteiger partial charge in [0.2, 0.25) is 0 Å². The SMILES string of the molecule is Nc1ccn(COc2cccc(F)c2)n1. The molecule has 4 nitrogen and oxygen atoms in total. The second kappa shape index (κ2) is 4.00. The van der Waals surface area contributed by atoms with Crippen molar-refractivity contribution in [2.45, 2.75) is 6.73 Å². The molecule has 0 saturated heterocycles. The molecule has 0 aliphatic carbocycles. The van der Waals surface area contributed by atoms with Gasteiger partial charge in [0.15, 0.2) is 6.73 Å². The van der Waals surface area contributed by atoms with Crippen LogP contribution in [0.15, 0.2) is 36.5 Å². The van der Waals surface area contributed by atoms with Crippen molar-refractivity contribution in [3.05, 3.63) is 42.3 Å². The Balaban J connectivity index is 1.99. The lowest BCUT2D eigenvalue weighted by Gasteiger charge is -2.05. The van der Waals surface area contributed by atoms with Gasteiger partial charge in [-0.25, -0.2) is 9.07 Å². The first-order valence-corrected chi connectivity index (χ1v) is 4.41. The van der Waals surface area contributed by atoms with Gasteiger partial charge in [-0.15, -0.1) is 0 Å². The van der Waals surface area contributed by atoms with Crippen LogP contribution in [0.1, 0.15) is 0 Å². The highest BCUT2D eigenvalue weighted by atomic mass is 19.1. The summed E-state index contributed by atoms with van der Waals surface area (Å²) in [5, 5.41) is 3.92. The minimum atomic E-state index is -0.326. The van der Waals surface area contributed by atoms with E-state index in [0.29, 0.717) is 11.6 Å². The van der Waals surface area contributed by atoms with Crippen LogP contribution in [-0.4, -0.2) is 9.78 Å². The van der Waals surface area contributed by atoms with Gasteiger partial charge in [0.25, 0.3) is 0 Å². The molecular formula is C10H10FN3O. The topological polar surface area (TPSA) is 53.1 Å². The van der Waals surface area contributed by atoms with Crippen molar-refractivity contribution in [1.29, 1.82) is 0 Å². The zero-order chi connectivity index (χ0) is 10.7.